The summed E-state index contributed by atoms with van der Waals surface area (Å²) in [5, 5.41) is 3.22. The summed E-state index contributed by atoms with van der Waals surface area (Å²) >= 11 is 1.69. The van der Waals surface area contributed by atoms with E-state index in [-0.39, 0.29) is 12.4 Å². The second-order valence-corrected chi connectivity index (χ2v) is 5.36. The summed E-state index contributed by atoms with van der Waals surface area (Å²) in [6, 6.07) is 18.2. The Morgan fingerprint density at radius 3 is 2.55 bits per heavy atom. The Kier molecular flexibility index (Phi) is 4.77. The Hall–Kier alpha value is -1.84. The highest BCUT2D eigenvalue weighted by Gasteiger charge is 2.05. The molecule has 3 aromatic rings. The molecule has 0 atom stereocenters. The van der Waals surface area contributed by atoms with Crippen LogP contribution in [0.3, 0.4) is 0 Å². The van der Waals surface area contributed by atoms with Crippen LogP contribution >= 0.6 is 23.7 Å². The molecule has 4 heteroatoms. The predicted molar refractivity (Wildman–Crippen MR) is 88.5 cm³/mol. The van der Waals surface area contributed by atoms with E-state index in [1.165, 1.54) is 5.56 Å². The van der Waals surface area contributed by atoms with Crippen LogP contribution in [0.4, 0.5) is 5.69 Å². The summed E-state index contributed by atoms with van der Waals surface area (Å²) < 4.78 is 0. The molecule has 2 N–H and O–H groups in total. The highest BCUT2D eigenvalue weighted by molar-refractivity contribution is 7.10. The van der Waals surface area contributed by atoms with E-state index in [2.05, 4.69) is 34.6 Å². The average Bonchev–Trinajstić information content (AvgIpc) is 2.88. The molecule has 0 bridgehead atoms. The van der Waals surface area contributed by atoms with Crippen LogP contribution in [-0.2, 0) is 6.42 Å². The van der Waals surface area contributed by atoms with Crippen molar-refractivity contribution in [2.24, 2.45) is 0 Å². The number of nitrogens with zero attached hydrogens (tertiary/aromatic N) is 1. The van der Waals surface area contributed by atoms with Gasteiger partial charge in [0.1, 0.15) is 0 Å². The molecule has 0 amide bonds. The van der Waals surface area contributed by atoms with Crippen LogP contribution in [0.25, 0.3) is 11.3 Å². The van der Waals surface area contributed by atoms with Gasteiger partial charge in [-0.3, -0.25) is 0 Å². The first-order valence-corrected chi connectivity index (χ1v) is 7.03. The molecule has 102 valence electrons. The third-order valence-electron chi connectivity index (χ3n) is 2.93. The van der Waals surface area contributed by atoms with Crippen molar-refractivity contribution in [3.63, 3.8) is 0 Å². The SMILES string of the molecule is Cl.Nc1cccc(-c2csc(Cc3ccccc3)n2)c1. The molecule has 0 aliphatic rings. The van der Waals surface area contributed by atoms with Crippen molar-refractivity contribution in [1.82, 2.24) is 4.98 Å². The fourth-order valence-electron chi connectivity index (χ4n) is 1.99. The summed E-state index contributed by atoms with van der Waals surface area (Å²) in [7, 11) is 0. The molecule has 0 unspecified atom stereocenters. The predicted octanol–water partition coefficient (Wildman–Crippen LogP) is 4.40. The summed E-state index contributed by atoms with van der Waals surface area (Å²) in [5.41, 5.74) is 9.95. The maximum absolute atomic E-state index is 5.80. The molecule has 2 aromatic carbocycles. The fraction of sp³-hybridized carbons (Fsp3) is 0.0625. The topological polar surface area (TPSA) is 38.9 Å². The standard InChI is InChI=1S/C16H14N2S.ClH/c17-14-8-4-7-13(10-14)15-11-19-16(18-15)9-12-5-2-1-3-6-12;/h1-8,10-11H,9,17H2;1H. The first-order valence-electron chi connectivity index (χ1n) is 6.15. The number of nitrogens with two attached hydrogens (primary N) is 1. The number of nitrogen functional groups attached to an aromatic ring is 1. The Labute approximate surface area is 128 Å². The van der Waals surface area contributed by atoms with E-state index in [0.717, 1.165) is 28.4 Å². The monoisotopic (exact) mass is 302 g/mol. The fourth-order valence-corrected chi connectivity index (χ4v) is 2.83. The van der Waals surface area contributed by atoms with Gasteiger partial charge in [-0.25, -0.2) is 4.98 Å². The minimum Gasteiger partial charge on any atom is -0.399 e. The lowest BCUT2D eigenvalue weighted by Gasteiger charge is -1.98. The van der Waals surface area contributed by atoms with Crippen molar-refractivity contribution >= 4 is 29.4 Å². The van der Waals surface area contributed by atoms with E-state index in [9.17, 15) is 0 Å². The zero-order valence-electron chi connectivity index (χ0n) is 10.8. The number of thiazole rings is 1. The lowest BCUT2D eigenvalue weighted by molar-refractivity contribution is 1.14. The maximum atomic E-state index is 5.80. The van der Waals surface area contributed by atoms with Crippen molar-refractivity contribution in [2.75, 3.05) is 5.73 Å². The van der Waals surface area contributed by atoms with Crippen LogP contribution in [0.15, 0.2) is 60.0 Å². The first kappa shape index (κ1) is 14.6. The van der Waals surface area contributed by atoms with E-state index < -0.39 is 0 Å². The molecule has 1 aromatic heterocycles. The van der Waals surface area contributed by atoms with Gasteiger partial charge in [-0.1, -0.05) is 42.5 Å². The largest absolute Gasteiger partial charge is 0.399 e. The minimum atomic E-state index is 0. The van der Waals surface area contributed by atoms with E-state index >= 15 is 0 Å². The summed E-state index contributed by atoms with van der Waals surface area (Å²) in [6.45, 7) is 0. The third kappa shape index (κ3) is 3.38. The lowest BCUT2D eigenvalue weighted by atomic mass is 10.1. The van der Waals surface area contributed by atoms with Crippen LogP contribution in [0.5, 0.6) is 0 Å². The van der Waals surface area contributed by atoms with Crippen molar-refractivity contribution < 1.29 is 0 Å². The molecule has 0 aliphatic carbocycles. The second kappa shape index (κ2) is 6.55. The molecule has 1 heterocycles. The number of halogens is 1. The van der Waals surface area contributed by atoms with Crippen LogP contribution < -0.4 is 5.73 Å². The van der Waals surface area contributed by atoms with Gasteiger partial charge >= 0.3 is 0 Å². The number of rotatable bonds is 3. The Bertz CT molecular complexity index is 680. The molecule has 0 saturated heterocycles. The Balaban J connectivity index is 0.00000147. The van der Waals surface area contributed by atoms with Crippen LogP contribution in [0.2, 0.25) is 0 Å². The summed E-state index contributed by atoms with van der Waals surface area (Å²) in [6.07, 6.45) is 0.883. The van der Waals surface area contributed by atoms with E-state index in [0.29, 0.717) is 0 Å². The lowest BCUT2D eigenvalue weighted by Crippen LogP contribution is -1.88. The molecule has 0 fully saturated rings. The van der Waals surface area contributed by atoms with Crippen molar-refractivity contribution in [1.29, 1.82) is 0 Å². The van der Waals surface area contributed by atoms with Crippen molar-refractivity contribution in [2.45, 2.75) is 6.42 Å². The van der Waals surface area contributed by atoms with E-state index in [4.69, 9.17) is 5.73 Å². The minimum absolute atomic E-state index is 0. The van der Waals surface area contributed by atoms with Crippen LogP contribution in [0.1, 0.15) is 10.6 Å². The number of hydrogen-bond acceptors (Lipinski definition) is 3. The molecule has 0 radical (unpaired) electrons. The van der Waals surface area contributed by atoms with Gasteiger partial charge in [0.2, 0.25) is 0 Å². The van der Waals surface area contributed by atoms with Gasteiger partial charge in [0.15, 0.2) is 0 Å². The first-order chi connectivity index (χ1) is 9.31. The number of anilines is 1. The smallest absolute Gasteiger partial charge is 0.0976 e. The Morgan fingerprint density at radius 1 is 1.00 bits per heavy atom. The van der Waals surface area contributed by atoms with Gasteiger partial charge in [0.05, 0.1) is 10.7 Å². The van der Waals surface area contributed by atoms with Gasteiger partial charge in [0.25, 0.3) is 0 Å². The van der Waals surface area contributed by atoms with Crippen LogP contribution in [0, 0.1) is 0 Å². The normalized spacial score (nSPS) is 10.0. The molecule has 2 nitrogen and oxygen atoms in total. The molecular weight excluding hydrogens is 288 g/mol. The highest BCUT2D eigenvalue weighted by atomic mass is 35.5. The van der Waals surface area contributed by atoms with Gasteiger partial charge in [-0.15, -0.1) is 23.7 Å². The maximum Gasteiger partial charge on any atom is 0.0976 e. The Morgan fingerprint density at radius 2 is 1.80 bits per heavy atom. The van der Waals surface area contributed by atoms with Crippen molar-refractivity contribution in [3.05, 3.63) is 70.5 Å². The summed E-state index contributed by atoms with van der Waals surface area (Å²) in [4.78, 5) is 4.68. The number of aromatic nitrogens is 1. The van der Waals surface area contributed by atoms with E-state index in [1.807, 2.05) is 30.3 Å². The van der Waals surface area contributed by atoms with Crippen molar-refractivity contribution in [3.8, 4) is 11.3 Å². The molecule has 0 saturated carbocycles. The summed E-state index contributed by atoms with van der Waals surface area (Å²) in [5.74, 6) is 0. The van der Waals surface area contributed by atoms with Gasteiger partial charge < -0.3 is 5.73 Å². The third-order valence-corrected chi connectivity index (χ3v) is 3.78. The van der Waals surface area contributed by atoms with E-state index in [1.54, 1.807) is 11.3 Å². The number of hydrogen-bond donors (Lipinski definition) is 1. The molecular formula is C16H15ClN2S. The molecule has 0 spiro atoms. The van der Waals surface area contributed by atoms with Crippen LogP contribution in [-0.4, -0.2) is 4.98 Å². The zero-order valence-corrected chi connectivity index (χ0v) is 12.5. The number of benzene rings is 2. The van der Waals surface area contributed by atoms with Gasteiger partial charge in [-0.2, -0.15) is 0 Å². The molecule has 20 heavy (non-hydrogen) atoms. The van der Waals surface area contributed by atoms with Gasteiger partial charge in [-0.05, 0) is 17.7 Å². The quantitative estimate of drug-likeness (QED) is 0.728. The average molecular weight is 303 g/mol. The molecule has 3 rings (SSSR count). The zero-order chi connectivity index (χ0) is 13.1. The second-order valence-electron chi connectivity index (χ2n) is 4.41. The van der Waals surface area contributed by atoms with Gasteiger partial charge in [0, 0.05) is 23.1 Å². The highest BCUT2D eigenvalue weighted by Crippen LogP contribution is 2.24. The molecule has 0 aliphatic heterocycles.